The van der Waals surface area contributed by atoms with E-state index in [1.807, 2.05) is 0 Å². The number of nitrogens with zero attached hydrogens (tertiary/aromatic N) is 4. The third kappa shape index (κ3) is 3.30. The van der Waals surface area contributed by atoms with E-state index in [1.54, 1.807) is 18.2 Å². The van der Waals surface area contributed by atoms with Crippen LogP contribution in [0, 0.1) is 13.8 Å². The van der Waals surface area contributed by atoms with Crippen LogP contribution in [-0.2, 0) is 17.5 Å². The van der Waals surface area contributed by atoms with Gasteiger partial charge in [0.1, 0.15) is 12.4 Å². The number of rotatable bonds is 3. The van der Waals surface area contributed by atoms with Crippen LogP contribution >= 0.6 is 0 Å². The molecule has 1 amide bonds. The van der Waals surface area contributed by atoms with Crippen LogP contribution in [0.3, 0.4) is 0 Å². The first-order chi connectivity index (χ1) is 12.2. The van der Waals surface area contributed by atoms with E-state index in [9.17, 15) is 22.8 Å². The molecule has 0 unspecified atom stereocenters. The van der Waals surface area contributed by atoms with Crippen molar-refractivity contribution in [3.8, 4) is 0 Å². The van der Waals surface area contributed by atoms with E-state index in [1.165, 1.54) is 18.2 Å². The molecule has 0 atom stereocenters. The number of hydrogen-bond donors (Lipinski definition) is 1. The van der Waals surface area contributed by atoms with Gasteiger partial charge in [-0.2, -0.15) is 13.2 Å². The van der Waals surface area contributed by atoms with Gasteiger partial charge in [-0.15, -0.1) is 10.2 Å². The van der Waals surface area contributed by atoms with E-state index in [2.05, 4.69) is 15.5 Å². The van der Waals surface area contributed by atoms with Gasteiger partial charge in [-0.1, -0.05) is 6.07 Å². The van der Waals surface area contributed by atoms with Gasteiger partial charge in [-0.05, 0) is 32.0 Å². The van der Waals surface area contributed by atoms with E-state index in [0.29, 0.717) is 11.5 Å². The minimum Gasteiger partial charge on any atom is -0.325 e. The van der Waals surface area contributed by atoms with E-state index in [4.69, 9.17) is 0 Å². The summed E-state index contributed by atoms with van der Waals surface area (Å²) < 4.78 is 40.9. The molecule has 0 fully saturated rings. The summed E-state index contributed by atoms with van der Waals surface area (Å²) in [5, 5.41) is 10.1. The molecule has 136 valence electrons. The SMILES string of the molecule is Cc1cc(=O)n(CC(=O)Nc2cccc(C(F)(F)F)c2)c2nnc(C)n12. The number of halogens is 3. The summed E-state index contributed by atoms with van der Waals surface area (Å²) in [5.74, 6) is 0.0778. The monoisotopic (exact) mass is 365 g/mol. The topological polar surface area (TPSA) is 81.3 Å². The zero-order valence-corrected chi connectivity index (χ0v) is 13.8. The molecule has 0 aliphatic heterocycles. The molecule has 10 heteroatoms. The van der Waals surface area contributed by atoms with Crippen LogP contribution in [0.15, 0.2) is 35.1 Å². The minimum atomic E-state index is -4.51. The molecule has 0 aliphatic carbocycles. The zero-order chi connectivity index (χ0) is 19.1. The van der Waals surface area contributed by atoms with Crippen molar-refractivity contribution in [1.82, 2.24) is 19.2 Å². The van der Waals surface area contributed by atoms with Crippen molar-refractivity contribution in [3.63, 3.8) is 0 Å². The summed E-state index contributed by atoms with van der Waals surface area (Å²) in [5.41, 5.74) is -0.736. The van der Waals surface area contributed by atoms with E-state index >= 15 is 0 Å². The summed E-state index contributed by atoms with van der Waals surface area (Å²) >= 11 is 0. The highest BCUT2D eigenvalue weighted by Gasteiger charge is 2.30. The van der Waals surface area contributed by atoms with Crippen LogP contribution in [0.2, 0.25) is 0 Å². The summed E-state index contributed by atoms with van der Waals surface area (Å²) in [6.07, 6.45) is -4.51. The Balaban J connectivity index is 1.88. The first kappa shape index (κ1) is 17.6. The number of alkyl halides is 3. The van der Waals surface area contributed by atoms with Gasteiger partial charge in [-0.25, -0.2) is 0 Å². The van der Waals surface area contributed by atoms with Crippen molar-refractivity contribution in [2.24, 2.45) is 0 Å². The van der Waals surface area contributed by atoms with Gasteiger partial charge < -0.3 is 5.32 Å². The van der Waals surface area contributed by atoms with Gasteiger partial charge in [0.05, 0.1) is 5.56 Å². The van der Waals surface area contributed by atoms with Crippen LogP contribution in [0.25, 0.3) is 5.78 Å². The number of carbonyl (C=O) groups is 1. The Morgan fingerprint density at radius 1 is 1.19 bits per heavy atom. The fourth-order valence-corrected chi connectivity index (χ4v) is 2.62. The average Bonchev–Trinajstić information content (AvgIpc) is 2.93. The van der Waals surface area contributed by atoms with Crippen LogP contribution < -0.4 is 10.9 Å². The maximum Gasteiger partial charge on any atom is 0.416 e. The Bertz CT molecular complexity index is 1050. The maximum absolute atomic E-state index is 12.7. The van der Waals surface area contributed by atoms with Crippen molar-refractivity contribution >= 4 is 17.4 Å². The molecule has 2 heterocycles. The molecule has 1 aromatic carbocycles. The Hall–Kier alpha value is -3.17. The van der Waals surface area contributed by atoms with Gasteiger partial charge in [0.2, 0.25) is 11.7 Å². The second kappa shape index (κ2) is 6.28. The summed E-state index contributed by atoms with van der Waals surface area (Å²) in [4.78, 5) is 24.4. The Labute approximate surface area is 145 Å². The number of anilines is 1. The number of nitrogens with one attached hydrogen (secondary N) is 1. The molecule has 0 saturated heterocycles. The number of fused-ring (bicyclic) bond motifs is 1. The third-order valence-electron chi connectivity index (χ3n) is 3.78. The Morgan fingerprint density at radius 2 is 1.92 bits per heavy atom. The molecule has 1 N–H and O–H groups in total. The third-order valence-corrected chi connectivity index (χ3v) is 3.78. The van der Waals surface area contributed by atoms with Crippen LogP contribution in [-0.4, -0.2) is 25.1 Å². The van der Waals surface area contributed by atoms with Gasteiger partial charge in [0.25, 0.3) is 5.56 Å². The van der Waals surface area contributed by atoms with Crippen LogP contribution in [0.1, 0.15) is 17.1 Å². The number of hydrogen-bond acceptors (Lipinski definition) is 4. The molecule has 26 heavy (non-hydrogen) atoms. The maximum atomic E-state index is 12.7. The fourth-order valence-electron chi connectivity index (χ4n) is 2.62. The largest absolute Gasteiger partial charge is 0.416 e. The van der Waals surface area contributed by atoms with Gasteiger partial charge in [-0.3, -0.25) is 18.6 Å². The van der Waals surface area contributed by atoms with Crippen molar-refractivity contribution in [2.45, 2.75) is 26.6 Å². The Morgan fingerprint density at radius 3 is 2.62 bits per heavy atom. The number of benzene rings is 1. The summed E-state index contributed by atoms with van der Waals surface area (Å²) in [7, 11) is 0. The molecular weight excluding hydrogens is 351 g/mol. The highest BCUT2D eigenvalue weighted by molar-refractivity contribution is 5.90. The van der Waals surface area contributed by atoms with Gasteiger partial charge in [0.15, 0.2) is 0 Å². The van der Waals surface area contributed by atoms with E-state index < -0.39 is 29.8 Å². The lowest BCUT2D eigenvalue weighted by Crippen LogP contribution is -2.29. The second-order valence-corrected chi connectivity index (χ2v) is 5.72. The van der Waals surface area contributed by atoms with Gasteiger partial charge >= 0.3 is 6.18 Å². The molecular formula is C16H14F3N5O2. The first-order valence-corrected chi connectivity index (χ1v) is 7.56. The quantitative estimate of drug-likeness (QED) is 0.771. The van der Waals surface area contributed by atoms with Crippen molar-refractivity contribution in [2.75, 3.05) is 5.32 Å². The molecule has 0 bridgehead atoms. The normalized spacial score (nSPS) is 11.7. The van der Waals surface area contributed by atoms with E-state index in [0.717, 1.165) is 16.7 Å². The molecule has 0 spiro atoms. The molecule has 3 aromatic rings. The molecule has 3 rings (SSSR count). The number of carbonyl (C=O) groups excluding carboxylic acids is 1. The molecule has 7 nitrogen and oxygen atoms in total. The highest BCUT2D eigenvalue weighted by Crippen LogP contribution is 2.30. The number of amides is 1. The number of aryl methyl sites for hydroxylation is 2. The molecule has 2 aromatic heterocycles. The summed E-state index contributed by atoms with van der Waals surface area (Å²) in [6.45, 7) is 3.00. The first-order valence-electron chi connectivity index (χ1n) is 7.56. The van der Waals surface area contributed by atoms with E-state index in [-0.39, 0.29) is 11.5 Å². The predicted octanol–water partition coefficient (Wildman–Crippen LogP) is 2.17. The summed E-state index contributed by atoms with van der Waals surface area (Å²) in [6, 6.07) is 5.59. The molecule has 0 radical (unpaired) electrons. The lowest BCUT2D eigenvalue weighted by molar-refractivity contribution is -0.137. The molecule has 0 aliphatic rings. The lowest BCUT2D eigenvalue weighted by atomic mass is 10.2. The smallest absolute Gasteiger partial charge is 0.325 e. The van der Waals surface area contributed by atoms with Crippen LogP contribution in [0.5, 0.6) is 0 Å². The Kier molecular flexibility index (Phi) is 4.26. The number of aromatic nitrogens is 4. The zero-order valence-electron chi connectivity index (χ0n) is 13.8. The predicted molar refractivity (Wildman–Crippen MR) is 86.8 cm³/mol. The standard InChI is InChI=1S/C16H14F3N5O2/c1-9-6-14(26)23(15-22-21-10(2)24(9)15)8-13(25)20-12-5-3-4-11(7-12)16(17,18)19/h3-7H,8H2,1-2H3,(H,20,25). The average molecular weight is 365 g/mol. The molecule has 0 saturated carbocycles. The van der Waals surface area contributed by atoms with Crippen molar-refractivity contribution in [3.05, 3.63) is 57.8 Å². The fraction of sp³-hybridized carbons (Fsp3) is 0.250. The second-order valence-electron chi connectivity index (χ2n) is 5.72. The van der Waals surface area contributed by atoms with Crippen molar-refractivity contribution in [1.29, 1.82) is 0 Å². The van der Waals surface area contributed by atoms with Crippen LogP contribution in [0.4, 0.5) is 18.9 Å². The minimum absolute atomic E-state index is 0.0151. The van der Waals surface area contributed by atoms with Crippen molar-refractivity contribution < 1.29 is 18.0 Å². The lowest BCUT2D eigenvalue weighted by Gasteiger charge is -2.11. The highest BCUT2D eigenvalue weighted by atomic mass is 19.4. The van der Waals surface area contributed by atoms with Gasteiger partial charge in [0, 0.05) is 17.4 Å².